The predicted octanol–water partition coefficient (Wildman–Crippen LogP) is 5.43. The van der Waals surface area contributed by atoms with Crippen molar-refractivity contribution in [3.8, 4) is 5.75 Å². The Kier molecular flexibility index (Phi) is 9.69. The second-order valence-corrected chi connectivity index (χ2v) is 13.7. The smallest absolute Gasteiger partial charge is 0.254 e. The maximum Gasteiger partial charge on any atom is 0.254 e. The Hall–Kier alpha value is -1.00. The van der Waals surface area contributed by atoms with Crippen molar-refractivity contribution >= 4 is 40.5 Å². The number of amides is 1. The molecule has 1 aromatic carbocycles. The van der Waals surface area contributed by atoms with Gasteiger partial charge in [0.15, 0.2) is 11.9 Å². The molecule has 2 saturated heterocycles. The van der Waals surface area contributed by atoms with Gasteiger partial charge in [0.05, 0.1) is 22.7 Å². The lowest BCUT2D eigenvalue weighted by molar-refractivity contribution is -0.163. The van der Waals surface area contributed by atoms with Crippen molar-refractivity contribution in [1.82, 2.24) is 9.62 Å². The quantitative estimate of drug-likeness (QED) is 0.337. The molecule has 1 aromatic rings. The number of piperidine rings is 1. The van der Waals surface area contributed by atoms with Crippen LogP contribution in [0.1, 0.15) is 66.0 Å². The molecule has 0 aliphatic carbocycles. The Bertz CT molecular complexity index is 955. The fourth-order valence-corrected chi connectivity index (χ4v) is 5.83. The van der Waals surface area contributed by atoms with Crippen LogP contribution >= 0.6 is 23.2 Å². The Morgan fingerprint density at radius 1 is 1.39 bits per heavy atom. The summed E-state index contributed by atoms with van der Waals surface area (Å²) in [7, 11) is 0. The second-order valence-electron chi connectivity index (χ2n) is 10.9. The highest BCUT2D eigenvalue weighted by molar-refractivity contribution is 7.90. The molecule has 10 heteroatoms. The summed E-state index contributed by atoms with van der Waals surface area (Å²) < 4.78 is 33.5. The molecule has 1 amide bonds. The Morgan fingerprint density at radius 2 is 2.06 bits per heavy atom. The van der Waals surface area contributed by atoms with Crippen molar-refractivity contribution in [1.29, 1.82) is 0 Å². The van der Waals surface area contributed by atoms with Gasteiger partial charge in [-0.05, 0) is 66.4 Å². The number of carbonyl (C=O) groups excluding carboxylic acids is 1. The summed E-state index contributed by atoms with van der Waals surface area (Å²) in [5.41, 5.74) is 0.787. The minimum Gasteiger partial charge on any atom is -0.598 e. The zero-order chi connectivity index (χ0) is 26.8. The summed E-state index contributed by atoms with van der Waals surface area (Å²) >= 11 is 11.4. The number of nitrogens with zero attached hydrogens (tertiary/aromatic N) is 1. The third-order valence-electron chi connectivity index (χ3n) is 6.49. The first kappa shape index (κ1) is 29.6. The maximum absolute atomic E-state index is 13.2. The van der Waals surface area contributed by atoms with Gasteiger partial charge in [-0.2, -0.15) is 0 Å². The summed E-state index contributed by atoms with van der Waals surface area (Å²) in [5, 5.41) is 0.776. The highest BCUT2D eigenvalue weighted by Gasteiger charge is 2.43. The molecule has 0 bridgehead atoms. The van der Waals surface area contributed by atoms with E-state index >= 15 is 0 Å². The van der Waals surface area contributed by atoms with Gasteiger partial charge in [-0.1, -0.05) is 35.9 Å². The minimum absolute atomic E-state index is 0.0451. The maximum atomic E-state index is 13.2. The predicted molar refractivity (Wildman–Crippen MR) is 145 cm³/mol. The molecule has 36 heavy (non-hydrogen) atoms. The van der Waals surface area contributed by atoms with E-state index in [1.807, 2.05) is 46.4 Å². The Balaban J connectivity index is 1.87. The van der Waals surface area contributed by atoms with Crippen LogP contribution in [-0.4, -0.2) is 57.8 Å². The van der Waals surface area contributed by atoms with Crippen LogP contribution in [0.25, 0.3) is 0 Å². The number of hydrogen-bond acceptors (Lipinski definition) is 6. The molecule has 1 N–H and O–H groups in total. The molecule has 2 aliphatic heterocycles. The number of rotatable bonds is 8. The van der Waals surface area contributed by atoms with Crippen LogP contribution in [0.15, 0.2) is 24.8 Å². The van der Waals surface area contributed by atoms with Crippen LogP contribution < -0.4 is 9.46 Å². The molecule has 0 saturated carbocycles. The molecule has 0 radical (unpaired) electrons. The topological polar surface area (TPSA) is 83.1 Å². The van der Waals surface area contributed by atoms with E-state index in [0.29, 0.717) is 41.8 Å². The number of carbonyl (C=O) groups is 1. The molecule has 0 aromatic heterocycles. The number of nitrogens with one attached hydrogen (secondary N) is 1. The van der Waals surface area contributed by atoms with Gasteiger partial charge in [0.25, 0.3) is 5.91 Å². The zero-order valence-electron chi connectivity index (χ0n) is 21.9. The number of likely N-dealkylation sites (tertiary alicyclic amines) is 1. The van der Waals surface area contributed by atoms with Gasteiger partial charge in [-0.25, -0.2) is 0 Å². The van der Waals surface area contributed by atoms with E-state index in [9.17, 15) is 9.35 Å². The number of hydrogen-bond donors (Lipinski definition) is 1. The van der Waals surface area contributed by atoms with Gasteiger partial charge in [0.2, 0.25) is 0 Å². The first-order valence-electron chi connectivity index (χ1n) is 12.3. The van der Waals surface area contributed by atoms with Gasteiger partial charge >= 0.3 is 0 Å². The van der Waals surface area contributed by atoms with E-state index < -0.39 is 28.0 Å². The minimum atomic E-state index is -1.35. The van der Waals surface area contributed by atoms with Crippen molar-refractivity contribution in [2.24, 2.45) is 5.92 Å². The van der Waals surface area contributed by atoms with Gasteiger partial charge in [-0.15, -0.1) is 4.72 Å². The van der Waals surface area contributed by atoms with Gasteiger partial charge in [0.1, 0.15) is 17.1 Å². The molecular weight excluding hydrogens is 523 g/mol. The van der Waals surface area contributed by atoms with E-state index in [1.54, 1.807) is 18.2 Å². The van der Waals surface area contributed by atoms with Crippen molar-refractivity contribution < 1.29 is 23.6 Å². The highest BCUT2D eigenvalue weighted by Crippen LogP contribution is 2.42. The average Bonchev–Trinajstić information content (AvgIpc) is 3.16. The lowest BCUT2D eigenvalue weighted by atomic mass is 9.82. The molecular formula is C26H38Cl2N2O5S. The van der Waals surface area contributed by atoms with Gasteiger partial charge < -0.3 is 23.7 Å². The molecule has 2 fully saturated rings. The lowest BCUT2D eigenvalue weighted by Crippen LogP contribution is -2.52. The fraction of sp³-hybridized carbons (Fsp3) is 0.654. The van der Waals surface area contributed by atoms with Crippen molar-refractivity contribution in [2.45, 2.75) is 83.1 Å². The molecule has 2 aliphatic rings. The standard InChI is InChI=1S/C26H38Cl2N2O5S/c1-8-11-33-21-14-20(28)19(27)13-18(21)23(29-36(32)25(3,4)5)17-9-10-30(16(2)12-17)24(31)22-15-34-26(6,7)35-22/h8,13-14,16-17,22-23,29H,1,9-12,15H2,2-7H3/t16?,17?,22-,23?,36+/m1/s1. The third kappa shape index (κ3) is 7.10. The number of halogens is 2. The molecule has 7 nitrogen and oxygen atoms in total. The van der Waals surface area contributed by atoms with E-state index in [4.69, 9.17) is 37.4 Å². The summed E-state index contributed by atoms with van der Waals surface area (Å²) in [6.07, 6.45) is 2.45. The van der Waals surface area contributed by atoms with Crippen molar-refractivity contribution in [3.63, 3.8) is 0 Å². The van der Waals surface area contributed by atoms with Gasteiger partial charge in [0, 0.05) is 35.6 Å². The van der Waals surface area contributed by atoms with Crippen LogP contribution in [0, 0.1) is 5.92 Å². The molecule has 2 heterocycles. The van der Waals surface area contributed by atoms with Crippen molar-refractivity contribution in [2.75, 3.05) is 19.8 Å². The van der Waals surface area contributed by atoms with Crippen LogP contribution in [0.3, 0.4) is 0 Å². The molecule has 3 unspecified atom stereocenters. The molecule has 5 atom stereocenters. The van der Waals surface area contributed by atoms with E-state index in [1.165, 1.54) is 0 Å². The molecule has 202 valence electrons. The number of ether oxygens (including phenoxy) is 3. The Morgan fingerprint density at radius 3 is 2.61 bits per heavy atom. The van der Waals surface area contributed by atoms with Crippen LogP contribution in [-0.2, 0) is 25.6 Å². The summed E-state index contributed by atoms with van der Waals surface area (Å²) in [4.78, 5) is 15.1. The number of benzene rings is 1. The fourth-order valence-electron chi connectivity index (χ4n) is 4.60. The Labute approximate surface area is 228 Å². The zero-order valence-corrected chi connectivity index (χ0v) is 24.3. The second kappa shape index (κ2) is 11.8. The summed E-state index contributed by atoms with van der Waals surface area (Å²) in [6, 6.07) is 3.10. The largest absolute Gasteiger partial charge is 0.598 e. The average molecular weight is 562 g/mol. The summed E-state index contributed by atoms with van der Waals surface area (Å²) in [6.45, 7) is 16.3. The van der Waals surface area contributed by atoms with Crippen LogP contribution in [0.4, 0.5) is 0 Å². The monoisotopic (exact) mass is 560 g/mol. The highest BCUT2D eigenvalue weighted by atomic mass is 35.5. The van der Waals surface area contributed by atoms with E-state index in [0.717, 1.165) is 5.56 Å². The molecule has 0 spiro atoms. The molecule has 3 rings (SSSR count). The normalized spacial score (nSPS) is 25.9. The summed E-state index contributed by atoms with van der Waals surface area (Å²) in [5.74, 6) is -0.184. The third-order valence-corrected chi connectivity index (χ3v) is 8.79. The van der Waals surface area contributed by atoms with E-state index in [2.05, 4.69) is 11.3 Å². The van der Waals surface area contributed by atoms with Crippen molar-refractivity contribution in [3.05, 3.63) is 40.4 Å². The van der Waals surface area contributed by atoms with Crippen LogP contribution in [0.2, 0.25) is 10.0 Å². The van der Waals surface area contributed by atoms with E-state index in [-0.39, 0.29) is 30.5 Å². The first-order chi connectivity index (χ1) is 16.7. The van der Waals surface area contributed by atoms with Gasteiger partial charge in [-0.3, -0.25) is 4.79 Å². The van der Waals surface area contributed by atoms with Crippen LogP contribution in [0.5, 0.6) is 5.75 Å². The SMILES string of the molecule is C=CCOc1cc(Cl)c(Cl)cc1C(N[S@@+]([O-])C(C)(C)C)C1CCN(C(=O)[C@H]2COC(C)(C)O2)C(C)C1. The lowest BCUT2D eigenvalue weighted by Gasteiger charge is -2.42. The first-order valence-corrected chi connectivity index (χ1v) is 14.2.